The largest absolute Gasteiger partial charge is 0.493 e. The molecule has 142 valence electrons. The predicted octanol–water partition coefficient (Wildman–Crippen LogP) is 6.41. The quantitative estimate of drug-likeness (QED) is 0.417. The van der Waals surface area contributed by atoms with E-state index in [-0.39, 0.29) is 11.1 Å². The van der Waals surface area contributed by atoms with Gasteiger partial charge in [-0.1, -0.05) is 46.4 Å². The topological polar surface area (TPSA) is 51.5 Å². The second-order valence-corrected chi connectivity index (χ2v) is 7.03. The fourth-order valence-electron chi connectivity index (χ4n) is 2.01. The normalized spacial score (nSPS) is 10.0. The summed E-state index contributed by atoms with van der Waals surface area (Å²) in [6, 6.07) is 12.2. The van der Waals surface area contributed by atoms with E-state index in [1.165, 1.54) is 6.08 Å². The van der Waals surface area contributed by atoms with E-state index in [1.54, 1.807) is 36.4 Å². The Morgan fingerprint density at radius 2 is 1.56 bits per heavy atom. The van der Waals surface area contributed by atoms with Crippen molar-refractivity contribution in [1.29, 1.82) is 5.26 Å². The van der Waals surface area contributed by atoms with Crippen LogP contribution in [0, 0.1) is 11.3 Å². The van der Waals surface area contributed by atoms with Gasteiger partial charge < -0.3 is 14.2 Å². The van der Waals surface area contributed by atoms with Gasteiger partial charge >= 0.3 is 0 Å². The molecule has 0 aromatic heterocycles. The van der Waals surface area contributed by atoms with E-state index >= 15 is 0 Å². The highest BCUT2D eigenvalue weighted by Crippen LogP contribution is 2.37. The molecule has 0 spiro atoms. The molecule has 0 heterocycles. The fourth-order valence-corrected chi connectivity index (χ4v) is 2.71. The standard InChI is InChI=1S/C19H15Cl4NO3/c20-16-10-15(26-9-6-18(22)23)11-17(21)19(16)27-8-1-7-25-14-4-2-13(12-24)3-5-14/h2-6,10-11H,1,7-9H2. The molecule has 0 N–H and O–H groups in total. The van der Waals surface area contributed by atoms with E-state index in [0.29, 0.717) is 52.5 Å². The van der Waals surface area contributed by atoms with Crippen LogP contribution in [0.5, 0.6) is 17.2 Å². The van der Waals surface area contributed by atoms with E-state index in [1.807, 2.05) is 0 Å². The van der Waals surface area contributed by atoms with Crippen LogP contribution >= 0.6 is 46.4 Å². The maximum atomic E-state index is 8.76. The maximum Gasteiger partial charge on any atom is 0.156 e. The molecular formula is C19H15Cl4NO3. The van der Waals surface area contributed by atoms with Gasteiger partial charge in [0.25, 0.3) is 0 Å². The zero-order valence-electron chi connectivity index (χ0n) is 14.1. The van der Waals surface area contributed by atoms with Gasteiger partial charge in [0.05, 0.1) is 34.9 Å². The SMILES string of the molecule is N#Cc1ccc(OCCCOc2c(Cl)cc(OCC=C(Cl)Cl)cc2Cl)cc1. The third-order valence-electron chi connectivity index (χ3n) is 3.25. The maximum absolute atomic E-state index is 8.76. The summed E-state index contributed by atoms with van der Waals surface area (Å²) in [4.78, 5) is 0. The van der Waals surface area contributed by atoms with Gasteiger partial charge in [-0.15, -0.1) is 0 Å². The minimum atomic E-state index is 0.121. The van der Waals surface area contributed by atoms with Crippen molar-refractivity contribution in [3.63, 3.8) is 0 Å². The molecule has 8 heteroatoms. The van der Waals surface area contributed by atoms with Crippen LogP contribution in [-0.2, 0) is 0 Å². The molecule has 0 radical (unpaired) electrons. The molecule has 0 fully saturated rings. The van der Waals surface area contributed by atoms with Crippen LogP contribution < -0.4 is 14.2 Å². The van der Waals surface area contributed by atoms with Crippen molar-refractivity contribution in [2.24, 2.45) is 0 Å². The summed E-state index contributed by atoms with van der Waals surface area (Å²) in [6.45, 7) is 1.02. The lowest BCUT2D eigenvalue weighted by atomic mass is 10.2. The van der Waals surface area contributed by atoms with Crippen LogP contribution in [0.2, 0.25) is 10.0 Å². The first kappa shape index (κ1) is 21.5. The lowest BCUT2D eigenvalue weighted by molar-refractivity contribution is 0.247. The molecule has 0 aliphatic carbocycles. The average Bonchev–Trinajstić information content (AvgIpc) is 2.63. The van der Waals surface area contributed by atoms with Gasteiger partial charge in [-0.25, -0.2) is 0 Å². The van der Waals surface area contributed by atoms with Crippen LogP contribution in [0.15, 0.2) is 47.0 Å². The van der Waals surface area contributed by atoms with Crippen molar-refractivity contribution in [3.05, 3.63) is 62.6 Å². The Hall–Kier alpha value is -1.77. The first-order valence-electron chi connectivity index (χ1n) is 7.88. The van der Waals surface area contributed by atoms with Crippen molar-refractivity contribution < 1.29 is 14.2 Å². The highest BCUT2D eigenvalue weighted by atomic mass is 35.5. The smallest absolute Gasteiger partial charge is 0.156 e. The summed E-state index contributed by atoms with van der Waals surface area (Å²) in [5.74, 6) is 1.56. The minimum Gasteiger partial charge on any atom is -0.493 e. The number of nitriles is 1. The number of nitrogens with zero attached hydrogens (tertiary/aromatic N) is 1. The van der Waals surface area contributed by atoms with Crippen molar-refractivity contribution in [3.8, 4) is 23.3 Å². The van der Waals surface area contributed by atoms with Crippen molar-refractivity contribution in [2.75, 3.05) is 19.8 Å². The lowest BCUT2D eigenvalue weighted by Crippen LogP contribution is -2.05. The molecule has 0 bridgehead atoms. The first-order chi connectivity index (χ1) is 13.0. The van der Waals surface area contributed by atoms with Gasteiger partial charge in [0.15, 0.2) is 5.75 Å². The van der Waals surface area contributed by atoms with E-state index in [4.69, 9.17) is 65.9 Å². The first-order valence-corrected chi connectivity index (χ1v) is 9.39. The molecule has 2 aromatic carbocycles. The molecule has 4 nitrogen and oxygen atoms in total. The molecule has 0 unspecified atom stereocenters. The van der Waals surface area contributed by atoms with Gasteiger partial charge in [0, 0.05) is 18.6 Å². The van der Waals surface area contributed by atoms with Crippen molar-refractivity contribution in [1.82, 2.24) is 0 Å². The molecule has 0 atom stereocenters. The summed E-state index contributed by atoms with van der Waals surface area (Å²) >= 11 is 23.4. The molecule has 0 aliphatic rings. The highest BCUT2D eigenvalue weighted by Gasteiger charge is 2.10. The molecular weight excluding hydrogens is 432 g/mol. The van der Waals surface area contributed by atoms with E-state index < -0.39 is 0 Å². The Balaban J connectivity index is 1.79. The number of benzene rings is 2. The molecule has 0 saturated carbocycles. The number of hydrogen-bond acceptors (Lipinski definition) is 4. The third-order valence-corrected chi connectivity index (χ3v) is 4.12. The van der Waals surface area contributed by atoms with Gasteiger partial charge in [0.1, 0.15) is 22.6 Å². The van der Waals surface area contributed by atoms with E-state index in [0.717, 1.165) is 0 Å². The summed E-state index contributed by atoms with van der Waals surface area (Å²) in [5, 5.41) is 9.44. The van der Waals surface area contributed by atoms with Crippen molar-refractivity contribution in [2.45, 2.75) is 6.42 Å². The molecule has 0 saturated heterocycles. The van der Waals surface area contributed by atoms with Gasteiger partial charge in [0.2, 0.25) is 0 Å². The summed E-state index contributed by atoms with van der Waals surface area (Å²) in [5.41, 5.74) is 0.587. The Morgan fingerprint density at radius 1 is 0.926 bits per heavy atom. The second kappa shape index (κ2) is 11.2. The number of ether oxygens (including phenoxy) is 3. The van der Waals surface area contributed by atoms with Crippen molar-refractivity contribution >= 4 is 46.4 Å². The Labute approximate surface area is 177 Å². The van der Waals surface area contributed by atoms with Crippen LogP contribution in [0.1, 0.15) is 12.0 Å². The van der Waals surface area contributed by atoms with Crippen LogP contribution in [-0.4, -0.2) is 19.8 Å². The fraction of sp³-hybridized carbons (Fsp3) is 0.211. The molecule has 2 aromatic rings. The molecule has 0 aliphatic heterocycles. The monoisotopic (exact) mass is 445 g/mol. The zero-order valence-corrected chi connectivity index (χ0v) is 17.1. The van der Waals surface area contributed by atoms with Crippen LogP contribution in [0.4, 0.5) is 0 Å². The third kappa shape index (κ3) is 7.40. The van der Waals surface area contributed by atoms with E-state index in [2.05, 4.69) is 6.07 Å². The predicted molar refractivity (Wildman–Crippen MR) is 109 cm³/mol. The molecule has 2 rings (SSSR count). The minimum absolute atomic E-state index is 0.121. The highest BCUT2D eigenvalue weighted by molar-refractivity contribution is 6.55. The number of hydrogen-bond donors (Lipinski definition) is 0. The number of halogens is 4. The second-order valence-electron chi connectivity index (χ2n) is 5.21. The van der Waals surface area contributed by atoms with Gasteiger partial charge in [-0.3, -0.25) is 0 Å². The summed E-state index contributed by atoms with van der Waals surface area (Å²) in [6.07, 6.45) is 2.13. The zero-order chi connectivity index (χ0) is 19.6. The van der Waals surface area contributed by atoms with Gasteiger partial charge in [-0.2, -0.15) is 5.26 Å². The van der Waals surface area contributed by atoms with Gasteiger partial charge in [-0.05, 0) is 30.3 Å². The average molecular weight is 447 g/mol. The van der Waals surface area contributed by atoms with Crippen LogP contribution in [0.3, 0.4) is 0 Å². The summed E-state index contributed by atoms with van der Waals surface area (Å²) < 4.78 is 16.8. The summed E-state index contributed by atoms with van der Waals surface area (Å²) in [7, 11) is 0. The number of rotatable bonds is 9. The Bertz CT molecular complexity index is 805. The Morgan fingerprint density at radius 3 is 2.15 bits per heavy atom. The van der Waals surface area contributed by atoms with Crippen LogP contribution in [0.25, 0.3) is 0 Å². The van der Waals surface area contributed by atoms with E-state index in [9.17, 15) is 0 Å². The Kier molecular flexibility index (Phi) is 8.90. The molecule has 27 heavy (non-hydrogen) atoms. The molecule has 0 amide bonds. The lowest BCUT2D eigenvalue weighted by Gasteiger charge is -2.12.